The Morgan fingerprint density at radius 3 is 2.75 bits per heavy atom. The van der Waals surface area contributed by atoms with Crippen LogP contribution in [0.15, 0.2) is 29.2 Å². The smallest absolute Gasteiger partial charge is 0.243 e. The van der Waals surface area contributed by atoms with Crippen LogP contribution in [0.4, 0.5) is 5.69 Å². The van der Waals surface area contributed by atoms with Gasteiger partial charge < -0.3 is 15.5 Å². The maximum Gasteiger partial charge on any atom is 0.243 e. The quantitative estimate of drug-likeness (QED) is 0.795. The predicted octanol–water partition coefficient (Wildman–Crippen LogP) is -0.386. The Labute approximate surface area is 119 Å². The Balaban J connectivity index is 2.46. The minimum absolute atomic E-state index is 0.125. The number of carbonyl (C=O) groups is 1. The van der Waals surface area contributed by atoms with Gasteiger partial charge in [-0.15, -0.1) is 0 Å². The number of nitrogens with zero attached hydrogens (tertiary/aromatic N) is 1. The molecule has 1 aliphatic rings. The summed E-state index contributed by atoms with van der Waals surface area (Å²) >= 11 is 0. The van der Waals surface area contributed by atoms with Crippen LogP contribution in [0.25, 0.3) is 0 Å². The second kappa shape index (κ2) is 5.80. The van der Waals surface area contributed by atoms with E-state index in [4.69, 9.17) is 0 Å². The van der Waals surface area contributed by atoms with Crippen molar-refractivity contribution in [1.29, 1.82) is 0 Å². The Bertz CT molecular complexity index is 601. The van der Waals surface area contributed by atoms with Gasteiger partial charge >= 0.3 is 0 Å². The molecule has 7 heteroatoms. The molecule has 110 valence electrons. The van der Waals surface area contributed by atoms with Crippen LogP contribution in [-0.2, 0) is 14.6 Å². The number of para-hydroxylation sites is 1. The molecule has 0 spiro atoms. The van der Waals surface area contributed by atoms with Crippen LogP contribution in [0.1, 0.15) is 0 Å². The van der Waals surface area contributed by atoms with E-state index in [1.807, 2.05) is 4.90 Å². The van der Waals surface area contributed by atoms with Gasteiger partial charge in [-0.1, -0.05) is 12.1 Å². The molecule has 1 aromatic rings. The van der Waals surface area contributed by atoms with E-state index < -0.39 is 15.9 Å². The Kier molecular flexibility index (Phi) is 4.29. The molecule has 1 aliphatic heterocycles. The molecule has 1 aromatic carbocycles. The minimum atomic E-state index is -3.33. The van der Waals surface area contributed by atoms with Crippen molar-refractivity contribution < 1.29 is 13.2 Å². The molecule has 20 heavy (non-hydrogen) atoms. The van der Waals surface area contributed by atoms with E-state index in [9.17, 15) is 13.2 Å². The first-order chi connectivity index (χ1) is 9.45. The van der Waals surface area contributed by atoms with E-state index in [1.54, 1.807) is 31.3 Å². The number of anilines is 1. The van der Waals surface area contributed by atoms with Crippen molar-refractivity contribution in [3.63, 3.8) is 0 Å². The highest BCUT2D eigenvalue weighted by atomic mass is 32.2. The summed E-state index contributed by atoms with van der Waals surface area (Å²) in [4.78, 5) is 14.1. The van der Waals surface area contributed by atoms with E-state index in [1.165, 1.54) is 6.26 Å². The lowest BCUT2D eigenvalue weighted by Gasteiger charge is -2.37. The topological polar surface area (TPSA) is 78.5 Å². The number of hydrogen-bond acceptors (Lipinski definition) is 5. The first-order valence-corrected chi connectivity index (χ1v) is 8.32. The van der Waals surface area contributed by atoms with Crippen molar-refractivity contribution in [3.8, 4) is 0 Å². The summed E-state index contributed by atoms with van der Waals surface area (Å²) in [6.07, 6.45) is 1.18. The van der Waals surface area contributed by atoms with Gasteiger partial charge in [0.1, 0.15) is 6.04 Å². The molecule has 1 amide bonds. The van der Waals surface area contributed by atoms with Crippen molar-refractivity contribution in [1.82, 2.24) is 10.6 Å². The summed E-state index contributed by atoms with van der Waals surface area (Å²) in [5.74, 6) is -0.125. The molecule has 2 N–H and O–H groups in total. The van der Waals surface area contributed by atoms with Gasteiger partial charge in [0.2, 0.25) is 5.91 Å². The molecule has 1 fully saturated rings. The van der Waals surface area contributed by atoms with Crippen molar-refractivity contribution in [3.05, 3.63) is 24.3 Å². The number of hydrogen-bond donors (Lipinski definition) is 2. The van der Waals surface area contributed by atoms with Gasteiger partial charge in [0.05, 0.1) is 10.6 Å². The van der Waals surface area contributed by atoms with Crippen LogP contribution in [0.5, 0.6) is 0 Å². The summed E-state index contributed by atoms with van der Waals surface area (Å²) in [5.41, 5.74) is 0.588. The number of amides is 1. The van der Waals surface area contributed by atoms with Crippen LogP contribution in [0.2, 0.25) is 0 Å². The summed E-state index contributed by atoms with van der Waals surface area (Å²) in [5, 5.41) is 5.78. The molecule has 0 aromatic heterocycles. The number of carbonyl (C=O) groups excluding carboxylic acids is 1. The standard InChI is InChI=1S/C13H19N3O3S/c1-14-13(17)11-9-15-7-8-16(11)10-5-3-4-6-12(10)20(2,18)19/h3-6,11,15H,7-9H2,1-2H3,(H,14,17). The molecule has 1 saturated heterocycles. The number of likely N-dealkylation sites (N-methyl/N-ethyl adjacent to an activating group) is 1. The maximum absolute atomic E-state index is 12.0. The van der Waals surface area contributed by atoms with E-state index >= 15 is 0 Å². The highest BCUT2D eigenvalue weighted by Crippen LogP contribution is 2.27. The molecule has 1 unspecified atom stereocenters. The lowest BCUT2D eigenvalue weighted by atomic mass is 10.1. The lowest BCUT2D eigenvalue weighted by Crippen LogP contribution is -2.57. The van der Waals surface area contributed by atoms with Crippen LogP contribution in [0.3, 0.4) is 0 Å². The average Bonchev–Trinajstić information content (AvgIpc) is 2.45. The SMILES string of the molecule is CNC(=O)C1CNCCN1c1ccccc1S(C)(=O)=O. The van der Waals surface area contributed by atoms with Crippen LogP contribution < -0.4 is 15.5 Å². The third kappa shape index (κ3) is 2.94. The number of piperazine rings is 1. The third-order valence-electron chi connectivity index (χ3n) is 3.37. The fourth-order valence-corrected chi connectivity index (χ4v) is 3.29. The molecule has 6 nitrogen and oxygen atoms in total. The van der Waals surface area contributed by atoms with Crippen LogP contribution in [0, 0.1) is 0 Å². The van der Waals surface area contributed by atoms with Gasteiger partial charge in [0.15, 0.2) is 9.84 Å². The number of benzene rings is 1. The van der Waals surface area contributed by atoms with E-state index in [0.29, 0.717) is 25.3 Å². The fourth-order valence-electron chi connectivity index (χ4n) is 2.40. The monoisotopic (exact) mass is 297 g/mol. The van der Waals surface area contributed by atoms with Gasteiger partial charge in [0, 0.05) is 32.9 Å². The highest BCUT2D eigenvalue weighted by molar-refractivity contribution is 7.90. The van der Waals surface area contributed by atoms with E-state index in [2.05, 4.69) is 10.6 Å². The Hall–Kier alpha value is -1.60. The zero-order chi connectivity index (χ0) is 14.8. The summed E-state index contributed by atoms with van der Waals surface area (Å²) in [6, 6.07) is 6.39. The highest BCUT2D eigenvalue weighted by Gasteiger charge is 2.30. The third-order valence-corrected chi connectivity index (χ3v) is 4.51. The Morgan fingerprint density at radius 2 is 2.10 bits per heavy atom. The molecule has 1 atom stereocenters. The maximum atomic E-state index is 12.0. The summed E-state index contributed by atoms with van der Waals surface area (Å²) < 4.78 is 23.8. The molecule has 0 radical (unpaired) electrons. The van der Waals surface area contributed by atoms with Crippen LogP contribution >= 0.6 is 0 Å². The first kappa shape index (κ1) is 14.8. The lowest BCUT2D eigenvalue weighted by molar-refractivity contribution is -0.122. The molecule has 0 bridgehead atoms. The van der Waals surface area contributed by atoms with Crippen molar-refractivity contribution in [2.75, 3.05) is 37.8 Å². The summed E-state index contributed by atoms with van der Waals surface area (Å²) in [6.45, 7) is 1.80. The normalized spacial score (nSPS) is 19.7. The van der Waals surface area contributed by atoms with E-state index in [-0.39, 0.29) is 10.8 Å². The van der Waals surface area contributed by atoms with Crippen molar-refractivity contribution in [2.24, 2.45) is 0 Å². The van der Waals surface area contributed by atoms with Gasteiger partial charge in [0.25, 0.3) is 0 Å². The zero-order valence-corrected chi connectivity index (χ0v) is 12.4. The predicted molar refractivity (Wildman–Crippen MR) is 77.6 cm³/mol. The van der Waals surface area contributed by atoms with Crippen molar-refractivity contribution >= 4 is 21.4 Å². The average molecular weight is 297 g/mol. The molecule has 0 saturated carbocycles. The van der Waals surface area contributed by atoms with Gasteiger partial charge in [-0.25, -0.2) is 8.42 Å². The molecular formula is C13H19N3O3S. The van der Waals surface area contributed by atoms with E-state index in [0.717, 1.165) is 0 Å². The number of nitrogens with one attached hydrogen (secondary N) is 2. The molecular weight excluding hydrogens is 278 g/mol. The second-order valence-electron chi connectivity index (χ2n) is 4.77. The second-order valence-corrected chi connectivity index (χ2v) is 6.75. The Morgan fingerprint density at radius 1 is 1.40 bits per heavy atom. The first-order valence-electron chi connectivity index (χ1n) is 6.43. The minimum Gasteiger partial charge on any atom is -0.357 e. The van der Waals surface area contributed by atoms with Gasteiger partial charge in [-0.2, -0.15) is 0 Å². The number of sulfone groups is 1. The number of rotatable bonds is 3. The van der Waals surface area contributed by atoms with Crippen LogP contribution in [-0.4, -0.2) is 53.3 Å². The van der Waals surface area contributed by atoms with Gasteiger partial charge in [-0.05, 0) is 12.1 Å². The zero-order valence-electron chi connectivity index (χ0n) is 11.6. The largest absolute Gasteiger partial charge is 0.357 e. The summed E-state index contributed by atoms with van der Waals surface area (Å²) in [7, 11) is -1.75. The van der Waals surface area contributed by atoms with Gasteiger partial charge in [-0.3, -0.25) is 4.79 Å². The molecule has 1 heterocycles. The molecule has 2 rings (SSSR count). The van der Waals surface area contributed by atoms with Crippen molar-refractivity contribution in [2.45, 2.75) is 10.9 Å². The molecule has 0 aliphatic carbocycles. The fraction of sp³-hybridized carbons (Fsp3) is 0.462.